The highest BCUT2D eigenvalue weighted by Crippen LogP contribution is 2.05. The Morgan fingerprint density at radius 3 is 2.67 bits per heavy atom. The minimum Gasteiger partial charge on any atom is -0.468 e. The molecule has 0 saturated carbocycles. The van der Waals surface area contributed by atoms with Crippen LogP contribution in [0.3, 0.4) is 0 Å². The monoisotopic (exact) mass is 338 g/mol. The quantitative estimate of drug-likeness (QED) is 0.599. The molecule has 1 unspecified atom stereocenters. The molecular formula is C10H12BrClN2O4. The predicted molar refractivity (Wildman–Crippen MR) is 70.1 cm³/mol. The molecule has 1 aromatic rings. The van der Waals surface area contributed by atoms with Crippen LogP contribution in [-0.2, 0) is 16.1 Å². The maximum Gasteiger partial charge on any atom is 0.331 e. The number of aromatic nitrogens is 2. The van der Waals surface area contributed by atoms with Crippen LogP contribution in [0.15, 0.2) is 20.3 Å². The van der Waals surface area contributed by atoms with Crippen molar-refractivity contribution in [1.82, 2.24) is 9.13 Å². The maximum atomic E-state index is 12.0. The first-order valence-electron chi connectivity index (χ1n) is 5.06. The Balaban J connectivity index is 3.40. The molecule has 1 heterocycles. The first-order chi connectivity index (χ1) is 8.42. The highest BCUT2D eigenvalue weighted by atomic mass is 79.9. The van der Waals surface area contributed by atoms with Gasteiger partial charge in [-0.05, 0) is 22.9 Å². The van der Waals surface area contributed by atoms with Crippen LogP contribution in [0.5, 0.6) is 0 Å². The second-order valence-electron chi connectivity index (χ2n) is 3.64. The molecule has 0 saturated heterocycles. The van der Waals surface area contributed by atoms with Crippen molar-refractivity contribution in [2.75, 3.05) is 13.0 Å². The smallest absolute Gasteiger partial charge is 0.331 e. The van der Waals surface area contributed by atoms with Crippen LogP contribution in [-0.4, -0.2) is 28.1 Å². The van der Waals surface area contributed by atoms with Crippen molar-refractivity contribution < 1.29 is 9.53 Å². The van der Waals surface area contributed by atoms with E-state index in [2.05, 4.69) is 20.7 Å². The van der Waals surface area contributed by atoms with Gasteiger partial charge in [0, 0.05) is 12.1 Å². The molecule has 100 valence electrons. The molecule has 0 aliphatic carbocycles. The molecule has 1 aromatic heterocycles. The Kier molecular flexibility index (Phi) is 5.15. The van der Waals surface area contributed by atoms with Gasteiger partial charge in [-0.2, -0.15) is 0 Å². The fourth-order valence-electron chi connectivity index (χ4n) is 1.36. The van der Waals surface area contributed by atoms with Crippen molar-refractivity contribution in [1.29, 1.82) is 0 Å². The Bertz CT molecular complexity index is 566. The fraction of sp³-hybridized carbons (Fsp3) is 0.500. The minimum absolute atomic E-state index is 0.115. The molecule has 0 aliphatic rings. The van der Waals surface area contributed by atoms with Crippen molar-refractivity contribution in [3.8, 4) is 0 Å². The van der Waals surface area contributed by atoms with Crippen molar-refractivity contribution in [2.45, 2.75) is 19.5 Å². The number of carbonyl (C=O) groups is 1. The molecule has 1 atom stereocenters. The van der Waals surface area contributed by atoms with Gasteiger partial charge in [-0.25, -0.2) is 4.79 Å². The summed E-state index contributed by atoms with van der Waals surface area (Å²) in [7, 11) is 1.22. The highest BCUT2D eigenvalue weighted by Gasteiger charge is 2.16. The number of methoxy groups -OCH3 is 1. The normalized spacial score (nSPS) is 12.2. The van der Waals surface area contributed by atoms with E-state index in [9.17, 15) is 14.4 Å². The van der Waals surface area contributed by atoms with E-state index >= 15 is 0 Å². The van der Waals surface area contributed by atoms with Gasteiger partial charge < -0.3 is 4.74 Å². The summed E-state index contributed by atoms with van der Waals surface area (Å²) in [5.74, 6) is -0.461. The summed E-state index contributed by atoms with van der Waals surface area (Å²) in [5.41, 5.74) is -1.07. The third-order valence-electron chi connectivity index (χ3n) is 2.34. The largest absolute Gasteiger partial charge is 0.468 e. The van der Waals surface area contributed by atoms with Gasteiger partial charge in [-0.1, -0.05) is 0 Å². The molecule has 0 aromatic carbocycles. The SMILES string of the molecule is COC(=O)Cn1cc(Br)c(=O)n(C(C)CCl)c1=O. The van der Waals surface area contributed by atoms with E-state index in [1.807, 2.05) is 0 Å². The average Bonchev–Trinajstić information content (AvgIpc) is 2.35. The number of ether oxygens (including phenoxy) is 1. The number of rotatable bonds is 4. The number of hydrogen-bond acceptors (Lipinski definition) is 4. The standard InChI is InChI=1S/C10H12BrClN2O4/c1-6(3-12)14-9(16)7(11)4-13(10(14)17)5-8(15)18-2/h4,6H,3,5H2,1-2H3. The molecule has 0 N–H and O–H groups in total. The highest BCUT2D eigenvalue weighted by molar-refractivity contribution is 9.10. The molecule has 18 heavy (non-hydrogen) atoms. The zero-order valence-electron chi connectivity index (χ0n) is 9.85. The lowest BCUT2D eigenvalue weighted by Crippen LogP contribution is -2.43. The summed E-state index contributed by atoms with van der Waals surface area (Å²) < 4.78 is 6.76. The van der Waals surface area contributed by atoms with Crippen LogP contribution < -0.4 is 11.2 Å². The van der Waals surface area contributed by atoms with Crippen LogP contribution in [0.4, 0.5) is 0 Å². The van der Waals surface area contributed by atoms with E-state index in [0.29, 0.717) is 0 Å². The van der Waals surface area contributed by atoms with Gasteiger partial charge in [-0.15, -0.1) is 11.6 Å². The van der Waals surface area contributed by atoms with Crippen molar-refractivity contribution >= 4 is 33.5 Å². The van der Waals surface area contributed by atoms with Gasteiger partial charge in [0.05, 0.1) is 17.6 Å². The summed E-state index contributed by atoms with van der Waals surface area (Å²) in [5, 5.41) is 0. The van der Waals surface area contributed by atoms with Crippen molar-refractivity contribution in [3.05, 3.63) is 31.5 Å². The molecule has 0 bridgehead atoms. The lowest BCUT2D eigenvalue weighted by molar-refractivity contribution is -0.141. The molecule has 1 rings (SSSR count). The number of nitrogens with zero attached hydrogens (tertiary/aromatic N) is 2. The summed E-state index contributed by atoms with van der Waals surface area (Å²) >= 11 is 8.71. The number of esters is 1. The Morgan fingerprint density at radius 2 is 2.17 bits per heavy atom. The molecule has 6 nitrogen and oxygen atoms in total. The van der Waals surface area contributed by atoms with Gasteiger partial charge in [-0.3, -0.25) is 18.7 Å². The second-order valence-corrected chi connectivity index (χ2v) is 4.81. The summed E-state index contributed by atoms with van der Waals surface area (Å²) in [6.45, 7) is 1.38. The van der Waals surface area contributed by atoms with Crippen LogP contribution in [0.1, 0.15) is 13.0 Å². The van der Waals surface area contributed by atoms with Gasteiger partial charge in [0.15, 0.2) is 0 Å². The third-order valence-corrected chi connectivity index (χ3v) is 3.33. The van der Waals surface area contributed by atoms with E-state index in [1.165, 1.54) is 13.3 Å². The number of alkyl halides is 1. The first kappa shape index (κ1) is 15.0. The number of hydrogen-bond donors (Lipinski definition) is 0. The third kappa shape index (κ3) is 3.02. The lowest BCUT2D eigenvalue weighted by atomic mass is 10.4. The molecule has 0 aliphatic heterocycles. The van der Waals surface area contributed by atoms with Crippen molar-refractivity contribution in [2.24, 2.45) is 0 Å². The van der Waals surface area contributed by atoms with Gasteiger partial charge in [0.25, 0.3) is 5.56 Å². The summed E-state index contributed by atoms with van der Waals surface area (Å²) in [4.78, 5) is 35.0. The Morgan fingerprint density at radius 1 is 1.56 bits per heavy atom. The second kappa shape index (κ2) is 6.19. The maximum absolute atomic E-state index is 12.0. The average molecular weight is 340 g/mol. The molecule has 0 amide bonds. The van der Waals surface area contributed by atoms with E-state index in [1.54, 1.807) is 6.92 Å². The predicted octanol–water partition coefficient (Wildman–Crippen LogP) is 0.745. The van der Waals surface area contributed by atoms with E-state index in [-0.39, 0.29) is 16.9 Å². The molecule has 8 heteroatoms. The minimum atomic E-state index is -0.596. The van der Waals surface area contributed by atoms with Crippen LogP contribution in [0, 0.1) is 0 Å². The fourth-order valence-corrected chi connectivity index (χ4v) is 1.94. The zero-order chi connectivity index (χ0) is 13.9. The molecule has 0 fully saturated rings. The Hall–Kier alpha value is -1.08. The number of carbonyl (C=O) groups excluding carboxylic acids is 1. The van der Waals surface area contributed by atoms with Gasteiger partial charge in [0.2, 0.25) is 0 Å². The van der Waals surface area contributed by atoms with Gasteiger partial charge >= 0.3 is 11.7 Å². The van der Waals surface area contributed by atoms with E-state index < -0.39 is 23.3 Å². The van der Waals surface area contributed by atoms with Crippen LogP contribution >= 0.6 is 27.5 Å². The first-order valence-corrected chi connectivity index (χ1v) is 6.39. The number of halogens is 2. The molecule has 0 radical (unpaired) electrons. The zero-order valence-corrected chi connectivity index (χ0v) is 12.2. The Labute approximate surface area is 116 Å². The summed E-state index contributed by atoms with van der Waals surface area (Å²) in [6.07, 6.45) is 1.26. The van der Waals surface area contributed by atoms with E-state index in [0.717, 1.165) is 9.13 Å². The lowest BCUT2D eigenvalue weighted by Gasteiger charge is -2.14. The summed E-state index contributed by atoms with van der Waals surface area (Å²) in [6, 6.07) is -0.465. The van der Waals surface area contributed by atoms with Crippen LogP contribution in [0.2, 0.25) is 0 Å². The van der Waals surface area contributed by atoms with Crippen molar-refractivity contribution in [3.63, 3.8) is 0 Å². The molecular weight excluding hydrogens is 327 g/mol. The molecule has 0 spiro atoms. The van der Waals surface area contributed by atoms with Crippen LogP contribution in [0.25, 0.3) is 0 Å². The van der Waals surface area contributed by atoms with E-state index in [4.69, 9.17) is 11.6 Å². The topological polar surface area (TPSA) is 70.3 Å². The van der Waals surface area contributed by atoms with Gasteiger partial charge in [0.1, 0.15) is 6.54 Å².